The number of hydrogen-bond acceptors (Lipinski definition) is 3. The van der Waals surface area contributed by atoms with E-state index in [9.17, 15) is 9.59 Å². The molecule has 0 spiro atoms. The molecular weight excluding hydrogens is 364 g/mol. The number of aryl methyl sites for hydroxylation is 3. The molecule has 4 rings (SSSR count). The number of carbonyl (C=O) groups is 2. The van der Waals surface area contributed by atoms with E-state index in [1.807, 2.05) is 80.1 Å². The first-order valence-electron chi connectivity index (χ1n) is 9.73. The number of benzene rings is 2. The molecule has 6 heteroatoms. The molecule has 2 heterocycles. The van der Waals surface area contributed by atoms with Crippen LogP contribution in [0, 0.1) is 26.7 Å². The first-order valence-corrected chi connectivity index (χ1v) is 9.73. The van der Waals surface area contributed by atoms with E-state index >= 15 is 0 Å². The van der Waals surface area contributed by atoms with Crippen molar-refractivity contribution < 1.29 is 9.59 Å². The summed E-state index contributed by atoms with van der Waals surface area (Å²) in [6.07, 6.45) is 0.210. The molecule has 2 amide bonds. The lowest BCUT2D eigenvalue weighted by Crippen LogP contribution is -2.28. The second-order valence-corrected chi connectivity index (χ2v) is 7.59. The van der Waals surface area contributed by atoms with Crippen LogP contribution < -0.4 is 10.2 Å². The molecule has 0 saturated carbocycles. The molecule has 2 aromatic carbocycles. The zero-order chi connectivity index (χ0) is 20.5. The van der Waals surface area contributed by atoms with Crippen molar-refractivity contribution in [3.8, 4) is 5.69 Å². The van der Waals surface area contributed by atoms with Gasteiger partial charge in [0.2, 0.25) is 11.8 Å². The van der Waals surface area contributed by atoms with E-state index in [0.29, 0.717) is 12.2 Å². The van der Waals surface area contributed by atoms with Crippen molar-refractivity contribution in [2.24, 2.45) is 5.92 Å². The van der Waals surface area contributed by atoms with Gasteiger partial charge >= 0.3 is 0 Å². The van der Waals surface area contributed by atoms with Gasteiger partial charge in [0.1, 0.15) is 0 Å². The molecule has 1 saturated heterocycles. The highest BCUT2D eigenvalue weighted by Gasteiger charge is 2.35. The van der Waals surface area contributed by atoms with Crippen molar-refractivity contribution in [3.63, 3.8) is 0 Å². The highest BCUT2D eigenvalue weighted by molar-refractivity contribution is 6.04. The minimum absolute atomic E-state index is 0.0270. The van der Waals surface area contributed by atoms with Gasteiger partial charge < -0.3 is 10.2 Å². The molecule has 1 aliphatic rings. The van der Waals surface area contributed by atoms with Crippen molar-refractivity contribution in [1.82, 2.24) is 9.78 Å². The first-order chi connectivity index (χ1) is 13.9. The van der Waals surface area contributed by atoms with E-state index in [1.54, 1.807) is 4.90 Å². The number of nitrogens with one attached hydrogen (secondary N) is 1. The summed E-state index contributed by atoms with van der Waals surface area (Å²) < 4.78 is 1.82. The van der Waals surface area contributed by atoms with Crippen molar-refractivity contribution in [3.05, 3.63) is 71.5 Å². The van der Waals surface area contributed by atoms with Crippen LogP contribution in [-0.2, 0) is 9.59 Å². The highest BCUT2D eigenvalue weighted by atomic mass is 16.2. The quantitative estimate of drug-likeness (QED) is 0.739. The molecule has 1 aliphatic heterocycles. The maximum absolute atomic E-state index is 12.9. The maximum atomic E-state index is 12.9. The van der Waals surface area contributed by atoms with Gasteiger partial charge in [-0.15, -0.1) is 0 Å². The van der Waals surface area contributed by atoms with E-state index < -0.39 is 5.92 Å². The SMILES string of the molecule is Cc1ccc(N2CC(C(=O)Nc3ccccc3-n3nc(C)cc3C)CC2=O)cc1. The number of hydrogen-bond donors (Lipinski definition) is 1. The predicted molar refractivity (Wildman–Crippen MR) is 113 cm³/mol. The summed E-state index contributed by atoms with van der Waals surface area (Å²) in [5, 5.41) is 7.53. The van der Waals surface area contributed by atoms with Crippen LogP contribution in [-0.4, -0.2) is 28.1 Å². The van der Waals surface area contributed by atoms with Crippen molar-refractivity contribution in [1.29, 1.82) is 0 Å². The topological polar surface area (TPSA) is 67.2 Å². The second kappa shape index (κ2) is 7.54. The Kier molecular flexibility index (Phi) is 4.92. The molecule has 3 aromatic rings. The van der Waals surface area contributed by atoms with Gasteiger partial charge in [0.05, 0.1) is 23.0 Å². The van der Waals surface area contributed by atoms with Crippen LogP contribution in [0.15, 0.2) is 54.6 Å². The van der Waals surface area contributed by atoms with Gasteiger partial charge in [-0.2, -0.15) is 5.10 Å². The van der Waals surface area contributed by atoms with E-state index in [4.69, 9.17) is 0 Å². The average Bonchev–Trinajstić information content (AvgIpc) is 3.24. The van der Waals surface area contributed by atoms with Crippen LogP contribution in [0.3, 0.4) is 0 Å². The van der Waals surface area contributed by atoms with Gasteiger partial charge in [0.25, 0.3) is 0 Å². The fourth-order valence-corrected chi connectivity index (χ4v) is 3.73. The number of carbonyl (C=O) groups excluding carboxylic acids is 2. The molecule has 0 radical (unpaired) electrons. The molecule has 0 bridgehead atoms. The van der Waals surface area contributed by atoms with E-state index in [1.165, 1.54) is 0 Å². The minimum atomic E-state index is -0.391. The minimum Gasteiger partial charge on any atom is -0.324 e. The molecule has 1 unspecified atom stereocenters. The highest BCUT2D eigenvalue weighted by Crippen LogP contribution is 2.28. The van der Waals surface area contributed by atoms with Crippen LogP contribution in [0.25, 0.3) is 5.69 Å². The average molecular weight is 388 g/mol. The molecule has 0 aliphatic carbocycles. The molecular formula is C23H24N4O2. The summed E-state index contributed by atoms with van der Waals surface area (Å²) in [7, 11) is 0. The number of para-hydroxylation sites is 2. The van der Waals surface area contributed by atoms with Gasteiger partial charge in [-0.05, 0) is 51.1 Å². The third-order valence-corrected chi connectivity index (χ3v) is 5.24. The Hall–Kier alpha value is -3.41. The summed E-state index contributed by atoms with van der Waals surface area (Å²) in [6.45, 7) is 6.31. The molecule has 1 atom stereocenters. The van der Waals surface area contributed by atoms with Gasteiger partial charge in [-0.3, -0.25) is 9.59 Å². The van der Waals surface area contributed by atoms with Crippen molar-refractivity contribution in [2.75, 3.05) is 16.8 Å². The summed E-state index contributed by atoms with van der Waals surface area (Å²) in [4.78, 5) is 27.1. The molecule has 29 heavy (non-hydrogen) atoms. The Balaban J connectivity index is 1.53. The Morgan fingerprint density at radius 2 is 1.79 bits per heavy atom. The van der Waals surface area contributed by atoms with Crippen molar-refractivity contribution in [2.45, 2.75) is 27.2 Å². The maximum Gasteiger partial charge on any atom is 0.229 e. The zero-order valence-corrected chi connectivity index (χ0v) is 16.8. The van der Waals surface area contributed by atoms with E-state index in [0.717, 1.165) is 28.3 Å². The summed E-state index contributed by atoms with van der Waals surface area (Å²) >= 11 is 0. The molecule has 148 valence electrons. The first kappa shape index (κ1) is 18.9. The van der Waals surface area contributed by atoms with Gasteiger partial charge in [0.15, 0.2) is 0 Å². The lowest BCUT2D eigenvalue weighted by molar-refractivity contribution is -0.122. The summed E-state index contributed by atoms with van der Waals surface area (Å²) in [6, 6.07) is 17.4. The van der Waals surface area contributed by atoms with Gasteiger partial charge in [-0.25, -0.2) is 4.68 Å². The Morgan fingerprint density at radius 3 is 2.48 bits per heavy atom. The Bertz CT molecular complexity index is 1070. The number of amides is 2. The van der Waals surface area contributed by atoms with Crippen LogP contribution in [0.4, 0.5) is 11.4 Å². The smallest absolute Gasteiger partial charge is 0.229 e. The third kappa shape index (κ3) is 3.78. The van der Waals surface area contributed by atoms with Gasteiger partial charge in [-0.1, -0.05) is 29.8 Å². The second-order valence-electron chi connectivity index (χ2n) is 7.59. The Labute approximate surface area is 170 Å². The monoisotopic (exact) mass is 388 g/mol. The number of anilines is 2. The zero-order valence-electron chi connectivity index (χ0n) is 16.8. The lowest BCUT2D eigenvalue weighted by Gasteiger charge is -2.17. The Morgan fingerprint density at radius 1 is 1.07 bits per heavy atom. The molecule has 6 nitrogen and oxygen atoms in total. The predicted octanol–water partition coefficient (Wildman–Crippen LogP) is 3.79. The van der Waals surface area contributed by atoms with Crippen LogP contribution in [0.5, 0.6) is 0 Å². The molecule has 1 aromatic heterocycles. The van der Waals surface area contributed by atoms with E-state index in [2.05, 4.69) is 10.4 Å². The number of rotatable bonds is 4. The fourth-order valence-electron chi connectivity index (χ4n) is 3.73. The third-order valence-electron chi connectivity index (χ3n) is 5.24. The standard InChI is InChI=1S/C23H24N4O2/c1-15-8-10-19(11-9-15)26-14-18(13-22(26)28)23(29)24-20-6-4-5-7-21(20)27-17(3)12-16(2)25-27/h4-12,18H,13-14H2,1-3H3,(H,24,29). The van der Waals surface area contributed by atoms with Crippen LogP contribution in [0.1, 0.15) is 23.4 Å². The van der Waals surface area contributed by atoms with Crippen LogP contribution >= 0.6 is 0 Å². The fraction of sp³-hybridized carbons (Fsp3) is 0.261. The number of nitrogens with zero attached hydrogens (tertiary/aromatic N) is 3. The largest absolute Gasteiger partial charge is 0.324 e. The number of aromatic nitrogens is 2. The normalized spacial score (nSPS) is 16.3. The summed E-state index contributed by atoms with van der Waals surface area (Å²) in [5.41, 5.74) is 5.37. The summed E-state index contributed by atoms with van der Waals surface area (Å²) in [5.74, 6) is -0.569. The molecule has 1 N–H and O–H groups in total. The van der Waals surface area contributed by atoms with E-state index in [-0.39, 0.29) is 18.2 Å². The van der Waals surface area contributed by atoms with Gasteiger partial charge in [0, 0.05) is 24.3 Å². The molecule has 1 fully saturated rings. The van der Waals surface area contributed by atoms with Crippen LogP contribution in [0.2, 0.25) is 0 Å². The lowest BCUT2D eigenvalue weighted by atomic mass is 10.1. The van der Waals surface area contributed by atoms with Crippen molar-refractivity contribution >= 4 is 23.2 Å².